The van der Waals surface area contributed by atoms with Gasteiger partial charge in [-0.3, -0.25) is 13.9 Å². The van der Waals surface area contributed by atoms with Gasteiger partial charge < -0.3 is 15.0 Å². The Balaban J connectivity index is 2.04. The summed E-state index contributed by atoms with van der Waals surface area (Å²) in [6, 6.07) is 18.9. The Kier molecular flexibility index (Phi) is 10.1. The third-order valence-corrected chi connectivity index (χ3v) is 8.21. The average molecular weight is 556 g/mol. The van der Waals surface area contributed by atoms with Gasteiger partial charge in [0.15, 0.2) is 0 Å². The minimum Gasteiger partial charge on any atom is -0.497 e. The predicted octanol–water partition coefficient (Wildman–Crippen LogP) is 4.36. The molecule has 2 amide bonds. The lowest BCUT2D eigenvalue weighted by Crippen LogP contribution is -2.52. The topological polar surface area (TPSA) is 96.0 Å². The highest BCUT2D eigenvalue weighted by atomic mass is 32.2. The maximum atomic E-state index is 14.6. The molecule has 3 rings (SSSR count). The summed E-state index contributed by atoms with van der Waals surface area (Å²) in [5.74, 6) is -1.23. The molecule has 0 spiro atoms. The first-order valence-corrected chi connectivity index (χ1v) is 14.1. The van der Waals surface area contributed by atoms with Crippen LogP contribution in [0.4, 0.5) is 10.1 Å². The summed E-state index contributed by atoms with van der Waals surface area (Å²) in [5.41, 5.74) is 0.405. The van der Waals surface area contributed by atoms with Crippen LogP contribution in [-0.2, 0) is 26.2 Å². The zero-order valence-corrected chi connectivity index (χ0v) is 23.3. The number of amides is 2. The number of benzene rings is 3. The van der Waals surface area contributed by atoms with E-state index in [1.165, 1.54) is 55.3 Å². The largest absolute Gasteiger partial charge is 0.497 e. The van der Waals surface area contributed by atoms with E-state index in [0.717, 1.165) is 4.31 Å². The second-order valence-corrected chi connectivity index (χ2v) is 11.0. The fourth-order valence-electron chi connectivity index (χ4n) is 3.87. The molecule has 208 valence electrons. The predicted molar refractivity (Wildman–Crippen MR) is 148 cm³/mol. The first-order valence-electron chi connectivity index (χ1n) is 12.6. The van der Waals surface area contributed by atoms with Crippen LogP contribution in [0.15, 0.2) is 83.8 Å². The van der Waals surface area contributed by atoms with Gasteiger partial charge in [0.05, 0.1) is 17.7 Å². The van der Waals surface area contributed by atoms with Gasteiger partial charge in [-0.1, -0.05) is 49.4 Å². The summed E-state index contributed by atoms with van der Waals surface area (Å²) in [6.07, 6.45) is 0.679. The average Bonchev–Trinajstić information content (AvgIpc) is 2.95. The molecule has 10 heteroatoms. The maximum absolute atomic E-state index is 14.6. The number of ether oxygens (including phenoxy) is 1. The van der Waals surface area contributed by atoms with E-state index in [1.807, 2.05) is 13.8 Å². The van der Waals surface area contributed by atoms with Crippen molar-refractivity contribution in [3.05, 3.63) is 90.2 Å². The van der Waals surface area contributed by atoms with Gasteiger partial charge >= 0.3 is 0 Å². The van der Waals surface area contributed by atoms with E-state index in [-0.39, 0.29) is 28.7 Å². The molecule has 0 aromatic heterocycles. The van der Waals surface area contributed by atoms with E-state index in [4.69, 9.17) is 4.74 Å². The highest BCUT2D eigenvalue weighted by molar-refractivity contribution is 7.92. The van der Waals surface area contributed by atoms with E-state index < -0.39 is 40.2 Å². The molecule has 2 unspecified atom stereocenters. The number of carbonyl (C=O) groups is 2. The molecular weight excluding hydrogens is 521 g/mol. The monoisotopic (exact) mass is 555 g/mol. The number of carbonyl (C=O) groups excluding carboxylic acids is 2. The summed E-state index contributed by atoms with van der Waals surface area (Å²) < 4.78 is 48.4. The van der Waals surface area contributed by atoms with Crippen molar-refractivity contribution in [3.8, 4) is 5.75 Å². The smallest absolute Gasteiger partial charge is 0.264 e. The second-order valence-electron chi connectivity index (χ2n) is 9.13. The third-order valence-electron chi connectivity index (χ3n) is 6.42. The molecule has 39 heavy (non-hydrogen) atoms. The second kappa shape index (κ2) is 13.2. The number of rotatable bonds is 12. The zero-order valence-electron chi connectivity index (χ0n) is 22.5. The number of hydrogen-bond donors (Lipinski definition) is 1. The van der Waals surface area contributed by atoms with Crippen LogP contribution in [0, 0.1) is 5.82 Å². The van der Waals surface area contributed by atoms with Gasteiger partial charge in [-0.05, 0) is 50.6 Å². The maximum Gasteiger partial charge on any atom is 0.264 e. The standard InChI is InChI=1S/C29H34FN3O5S/c1-5-21(2)31-29(35)22(3)32(19-23-12-9-10-17-27(23)30)28(34)20-33(24-13-11-14-25(18-24)38-4)39(36,37)26-15-7-6-8-16-26/h6-18,21-22H,5,19-20H2,1-4H3,(H,31,35). The first-order chi connectivity index (χ1) is 18.6. The van der Waals surface area contributed by atoms with Crippen molar-refractivity contribution in [2.45, 2.75) is 50.7 Å². The van der Waals surface area contributed by atoms with Crippen LogP contribution in [0.1, 0.15) is 32.8 Å². The van der Waals surface area contributed by atoms with E-state index in [1.54, 1.807) is 42.5 Å². The van der Waals surface area contributed by atoms with Gasteiger partial charge in [0.25, 0.3) is 10.0 Å². The fourth-order valence-corrected chi connectivity index (χ4v) is 5.30. The minimum absolute atomic E-state index is 0.0103. The van der Waals surface area contributed by atoms with Crippen LogP contribution in [0.25, 0.3) is 0 Å². The molecule has 8 nitrogen and oxygen atoms in total. The van der Waals surface area contributed by atoms with Gasteiger partial charge in [0.2, 0.25) is 11.8 Å². The van der Waals surface area contributed by atoms with Gasteiger partial charge in [-0.2, -0.15) is 0 Å². The molecule has 1 N–H and O–H groups in total. The van der Waals surface area contributed by atoms with Gasteiger partial charge in [0, 0.05) is 24.2 Å². The molecule has 2 atom stereocenters. The number of nitrogens with zero attached hydrogens (tertiary/aromatic N) is 2. The molecule has 0 saturated heterocycles. The van der Waals surface area contributed by atoms with Crippen molar-refractivity contribution in [3.63, 3.8) is 0 Å². The van der Waals surface area contributed by atoms with Crippen LogP contribution >= 0.6 is 0 Å². The van der Waals surface area contributed by atoms with Gasteiger partial charge in [0.1, 0.15) is 24.2 Å². The lowest BCUT2D eigenvalue weighted by Gasteiger charge is -2.32. The SMILES string of the molecule is CCC(C)NC(=O)C(C)N(Cc1ccccc1F)C(=O)CN(c1cccc(OC)c1)S(=O)(=O)c1ccccc1. The van der Waals surface area contributed by atoms with Crippen LogP contribution in [0.2, 0.25) is 0 Å². The molecule has 0 saturated carbocycles. The minimum atomic E-state index is -4.20. The summed E-state index contributed by atoms with van der Waals surface area (Å²) in [5, 5.41) is 2.85. The number of anilines is 1. The number of sulfonamides is 1. The Morgan fingerprint density at radius 3 is 2.28 bits per heavy atom. The van der Waals surface area contributed by atoms with Gasteiger partial charge in [-0.15, -0.1) is 0 Å². The number of halogens is 1. The van der Waals surface area contributed by atoms with Crippen molar-refractivity contribution >= 4 is 27.5 Å². The Hall–Kier alpha value is -3.92. The Bertz CT molecular complexity index is 1380. The molecule has 0 aliphatic heterocycles. The first kappa shape index (κ1) is 29.6. The summed E-state index contributed by atoms with van der Waals surface area (Å²) in [7, 11) is -2.75. The molecule has 0 radical (unpaired) electrons. The summed E-state index contributed by atoms with van der Waals surface area (Å²) in [4.78, 5) is 28.1. The number of methoxy groups -OCH3 is 1. The fraction of sp³-hybridized carbons (Fsp3) is 0.310. The van der Waals surface area contributed by atoms with Crippen molar-refractivity contribution < 1.29 is 27.1 Å². The van der Waals surface area contributed by atoms with E-state index >= 15 is 0 Å². The Morgan fingerprint density at radius 2 is 1.64 bits per heavy atom. The van der Waals surface area contributed by atoms with E-state index in [9.17, 15) is 22.4 Å². The van der Waals surface area contributed by atoms with Crippen molar-refractivity contribution in [2.24, 2.45) is 0 Å². The summed E-state index contributed by atoms with van der Waals surface area (Å²) in [6.45, 7) is 4.44. The molecule has 3 aromatic rings. The van der Waals surface area contributed by atoms with Crippen molar-refractivity contribution in [1.29, 1.82) is 0 Å². The highest BCUT2D eigenvalue weighted by Gasteiger charge is 2.33. The van der Waals surface area contributed by atoms with E-state index in [0.29, 0.717) is 12.2 Å². The number of nitrogens with one attached hydrogen (secondary N) is 1. The lowest BCUT2D eigenvalue weighted by molar-refractivity contribution is -0.139. The zero-order chi connectivity index (χ0) is 28.6. The molecule has 0 aliphatic rings. The van der Waals surface area contributed by atoms with Crippen LogP contribution in [-0.4, -0.2) is 50.9 Å². The van der Waals surface area contributed by atoms with Crippen LogP contribution in [0.3, 0.4) is 0 Å². The summed E-state index contributed by atoms with van der Waals surface area (Å²) >= 11 is 0. The molecular formula is C29H34FN3O5S. The number of hydrogen-bond acceptors (Lipinski definition) is 5. The molecule has 0 aliphatic carbocycles. The molecule has 3 aromatic carbocycles. The van der Waals surface area contributed by atoms with Crippen molar-refractivity contribution in [1.82, 2.24) is 10.2 Å². The van der Waals surface area contributed by atoms with Crippen LogP contribution in [0.5, 0.6) is 5.75 Å². The van der Waals surface area contributed by atoms with Gasteiger partial charge in [-0.25, -0.2) is 12.8 Å². The molecule has 0 heterocycles. The normalized spacial score (nSPS) is 12.7. The Morgan fingerprint density at radius 1 is 0.974 bits per heavy atom. The Labute approximate surface area is 229 Å². The quantitative estimate of drug-likeness (QED) is 0.358. The highest BCUT2D eigenvalue weighted by Crippen LogP contribution is 2.27. The van der Waals surface area contributed by atoms with Crippen molar-refractivity contribution in [2.75, 3.05) is 18.0 Å². The van der Waals surface area contributed by atoms with Crippen LogP contribution < -0.4 is 14.4 Å². The third kappa shape index (κ3) is 7.35. The lowest BCUT2D eigenvalue weighted by atomic mass is 10.1. The van der Waals surface area contributed by atoms with E-state index in [2.05, 4.69) is 5.32 Å². The molecule has 0 bridgehead atoms. The molecule has 0 fully saturated rings.